The molecule has 3 heterocycles. The molecule has 2 N–H and O–H groups in total. The molecule has 2 atom stereocenters. The second-order valence-electron chi connectivity index (χ2n) is 11.7. The molecule has 3 aromatic rings. The van der Waals surface area contributed by atoms with Crippen LogP contribution in [0.4, 0.5) is 14.9 Å². The SMILES string of the molecule is C[Si](C)(C)CCOCn1cc(C(O)c2ccccc2)nc1C(=O)N1CCC[C@@]2(C1)OC(=O)Nc1ccc(Cl)c(F)c12. The average molecular weight is 601 g/mol. The van der Waals surface area contributed by atoms with E-state index in [2.05, 4.69) is 29.9 Å². The van der Waals surface area contributed by atoms with Crippen LogP contribution >= 0.6 is 11.6 Å². The molecular formula is C29H34ClFN4O5Si. The van der Waals surface area contributed by atoms with Gasteiger partial charge in [0.25, 0.3) is 5.91 Å². The molecule has 9 nitrogen and oxygen atoms in total. The topological polar surface area (TPSA) is 106 Å². The van der Waals surface area contributed by atoms with Gasteiger partial charge in [-0.2, -0.15) is 0 Å². The Morgan fingerprint density at radius 1 is 1.27 bits per heavy atom. The Balaban J connectivity index is 1.45. The van der Waals surface area contributed by atoms with Crippen molar-refractivity contribution in [1.82, 2.24) is 14.5 Å². The first-order valence-corrected chi connectivity index (χ1v) is 17.7. The van der Waals surface area contributed by atoms with Crippen molar-refractivity contribution in [2.45, 2.75) is 57.0 Å². The predicted octanol–water partition coefficient (Wildman–Crippen LogP) is 5.76. The number of aromatic nitrogens is 2. The Hall–Kier alpha value is -3.25. The lowest BCUT2D eigenvalue weighted by Gasteiger charge is -2.45. The van der Waals surface area contributed by atoms with Gasteiger partial charge < -0.3 is 24.0 Å². The van der Waals surface area contributed by atoms with Crippen LogP contribution in [0.1, 0.15) is 46.4 Å². The lowest BCUT2D eigenvalue weighted by molar-refractivity contribution is -0.0423. The highest BCUT2D eigenvalue weighted by Gasteiger charge is 2.49. The van der Waals surface area contributed by atoms with Crippen molar-refractivity contribution in [3.63, 3.8) is 0 Å². The molecule has 2 aliphatic heterocycles. The highest BCUT2D eigenvalue weighted by Crippen LogP contribution is 2.45. The molecule has 41 heavy (non-hydrogen) atoms. The van der Waals surface area contributed by atoms with Crippen molar-refractivity contribution < 1.29 is 28.6 Å². The van der Waals surface area contributed by atoms with Crippen LogP contribution in [-0.4, -0.2) is 59.3 Å². The maximum absolute atomic E-state index is 15.3. The first-order valence-electron chi connectivity index (χ1n) is 13.6. The number of imidazole rings is 1. The number of rotatable bonds is 8. The summed E-state index contributed by atoms with van der Waals surface area (Å²) in [6.07, 6.45) is 0.627. The van der Waals surface area contributed by atoms with Gasteiger partial charge in [0.15, 0.2) is 11.4 Å². The van der Waals surface area contributed by atoms with Crippen LogP contribution in [0.5, 0.6) is 0 Å². The standard InChI is InChI=1S/C29H34ClFN4O5Si/c1-41(2,3)15-14-39-18-35-16-22(25(36)19-8-5-4-6-9-19)32-26(35)27(37)34-13-7-12-29(17-34)23-21(33-28(38)40-29)11-10-20(30)24(23)31/h4-6,8-11,16,25,36H,7,12-15,17-18H2,1-3H3,(H,33,38)/t25?,29-/m0/s1. The summed E-state index contributed by atoms with van der Waals surface area (Å²) in [5.74, 6) is -1.06. The summed E-state index contributed by atoms with van der Waals surface area (Å²) in [4.78, 5) is 32.5. The third kappa shape index (κ3) is 6.18. The lowest BCUT2D eigenvalue weighted by Crippen LogP contribution is -2.53. The normalized spacial score (nSPS) is 19.5. The zero-order valence-electron chi connectivity index (χ0n) is 23.3. The summed E-state index contributed by atoms with van der Waals surface area (Å²) < 4.78 is 28.6. The van der Waals surface area contributed by atoms with Crippen molar-refractivity contribution in [3.8, 4) is 0 Å². The molecule has 2 aliphatic rings. The van der Waals surface area contributed by atoms with E-state index in [0.717, 1.165) is 6.04 Å². The summed E-state index contributed by atoms with van der Waals surface area (Å²) in [5.41, 5.74) is -0.0729. The lowest BCUT2D eigenvalue weighted by atomic mass is 9.83. The molecule has 0 bridgehead atoms. The molecule has 0 saturated carbocycles. The second kappa shape index (κ2) is 11.6. The number of amides is 2. The van der Waals surface area contributed by atoms with E-state index in [1.54, 1.807) is 22.9 Å². The number of carbonyl (C=O) groups is 2. The molecule has 1 fully saturated rings. The number of fused-ring (bicyclic) bond motifs is 2. The minimum Gasteiger partial charge on any atom is -0.436 e. The number of likely N-dealkylation sites (tertiary alicyclic amines) is 1. The Morgan fingerprint density at radius 3 is 2.76 bits per heavy atom. The van der Waals surface area contributed by atoms with Crippen LogP contribution in [0, 0.1) is 5.82 Å². The first kappa shape index (κ1) is 29.2. The van der Waals surface area contributed by atoms with Crippen LogP contribution in [0.2, 0.25) is 30.7 Å². The van der Waals surface area contributed by atoms with Gasteiger partial charge in [0, 0.05) is 27.4 Å². The number of halogens is 2. The van der Waals surface area contributed by atoms with Gasteiger partial charge in [0.2, 0.25) is 5.82 Å². The minimum atomic E-state index is -1.40. The van der Waals surface area contributed by atoms with Crippen LogP contribution < -0.4 is 5.32 Å². The quantitative estimate of drug-likeness (QED) is 0.251. The molecule has 1 spiro atoms. The van der Waals surface area contributed by atoms with E-state index >= 15 is 4.39 Å². The zero-order chi connectivity index (χ0) is 29.4. The largest absolute Gasteiger partial charge is 0.436 e. The molecule has 1 aromatic heterocycles. The van der Waals surface area contributed by atoms with Gasteiger partial charge in [0.1, 0.15) is 12.8 Å². The molecule has 2 amide bonds. The molecular weight excluding hydrogens is 567 g/mol. The molecule has 12 heteroatoms. The first-order chi connectivity index (χ1) is 19.5. The van der Waals surface area contributed by atoms with E-state index in [-0.39, 0.29) is 35.4 Å². The Kier molecular flexibility index (Phi) is 8.24. The smallest absolute Gasteiger partial charge is 0.412 e. The van der Waals surface area contributed by atoms with E-state index in [1.165, 1.54) is 17.0 Å². The van der Waals surface area contributed by atoms with E-state index in [9.17, 15) is 14.7 Å². The van der Waals surface area contributed by atoms with Crippen LogP contribution in [-0.2, 0) is 21.8 Å². The number of ether oxygens (including phenoxy) is 2. The fourth-order valence-corrected chi connectivity index (χ4v) is 6.19. The van der Waals surface area contributed by atoms with Gasteiger partial charge in [-0.3, -0.25) is 10.1 Å². The van der Waals surface area contributed by atoms with Gasteiger partial charge in [-0.25, -0.2) is 14.2 Å². The summed E-state index contributed by atoms with van der Waals surface area (Å²) in [5, 5.41) is 13.5. The number of carbonyl (C=O) groups excluding carboxylic acids is 2. The number of nitrogens with one attached hydrogen (secondary N) is 1. The van der Waals surface area contributed by atoms with E-state index in [4.69, 9.17) is 21.1 Å². The number of hydrogen-bond acceptors (Lipinski definition) is 6. The number of hydrogen-bond donors (Lipinski definition) is 2. The minimum absolute atomic E-state index is 0.0744. The van der Waals surface area contributed by atoms with Crippen LogP contribution in [0.25, 0.3) is 0 Å². The highest BCUT2D eigenvalue weighted by molar-refractivity contribution is 6.76. The number of piperidine rings is 1. The molecule has 5 rings (SSSR count). The van der Waals surface area contributed by atoms with Gasteiger partial charge >= 0.3 is 6.09 Å². The number of nitrogens with zero attached hydrogens (tertiary/aromatic N) is 3. The van der Waals surface area contributed by atoms with Gasteiger partial charge in [-0.15, -0.1) is 0 Å². The van der Waals surface area contributed by atoms with Crippen molar-refractivity contribution in [2.75, 3.05) is 25.0 Å². The molecule has 1 unspecified atom stereocenters. The third-order valence-corrected chi connectivity index (χ3v) is 9.42. The maximum atomic E-state index is 15.3. The monoisotopic (exact) mass is 600 g/mol. The van der Waals surface area contributed by atoms with Gasteiger partial charge in [0.05, 0.1) is 28.5 Å². The number of aliphatic hydroxyl groups excluding tert-OH is 1. The van der Waals surface area contributed by atoms with E-state index < -0.39 is 37.6 Å². The Bertz CT molecular complexity index is 1450. The van der Waals surface area contributed by atoms with Crippen molar-refractivity contribution in [2.24, 2.45) is 0 Å². The molecule has 1 saturated heterocycles. The molecule has 0 radical (unpaired) electrons. The summed E-state index contributed by atoms with van der Waals surface area (Å²) in [7, 11) is -1.33. The highest BCUT2D eigenvalue weighted by atomic mass is 35.5. The summed E-state index contributed by atoms with van der Waals surface area (Å²) in [6.45, 7) is 7.64. The fraction of sp³-hybridized carbons (Fsp3) is 0.414. The fourth-order valence-electron chi connectivity index (χ4n) is 5.27. The number of anilines is 1. The number of benzene rings is 2. The summed E-state index contributed by atoms with van der Waals surface area (Å²) in [6, 6.07) is 12.9. The summed E-state index contributed by atoms with van der Waals surface area (Å²) >= 11 is 6.10. The van der Waals surface area contributed by atoms with Gasteiger partial charge in [-0.05, 0) is 36.6 Å². The van der Waals surface area contributed by atoms with E-state index in [1.807, 2.05) is 18.2 Å². The molecule has 0 aliphatic carbocycles. The molecule has 218 valence electrons. The van der Waals surface area contributed by atoms with Crippen molar-refractivity contribution >= 4 is 37.4 Å². The Labute approximate surface area is 244 Å². The van der Waals surface area contributed by atoms with E-state index in [0.29, 0.717) is 37.3 Å². The van der Waals surface area contributed by atoms with Gasteiger partial charge in [-0.1, -0.05) is 61.6 Å². The number of aliphatic hydroxyl groups is 1. The van der Waals surface area contributed by atoms with Crippen LogP contribution in [0.3, 0.4) is 0 Å². The maximum Gasteiger partial charge on any atom is 0.412 e. The third-order valence-electron chi connectivity index (χ3n) is 7.43. The van der Waals surface area contributed by atoms with Crippen LogP contribution in [0.15, 0.2) is 48.7 Å². The van der Waals surface area contributed by atoms with Crippen molar-refractivity contribution in [3.05, 3.63) is 82.1 Å². The molecule has 2 aromatic carbocycles. The second-order valence-corrected chi connectivity index (χ2v) is 17.8. The van der Waals surface area contributed by atoms with Crippen molar-refractivity contribution in [1.29, 1.82) is 0 Å². The Morgan fingerprint density at radius 2 is 2.02 bits per heavy atom. The zero-order valence-corrected chi connectivity index (χ0v) is 25.1. The average Bonchev–Trinajstić information content (AvgIpc) is 3.36. The predicted molar refractivity (Wildman–Crippen MR) is 155 cm³/mol.